The van der Waals surface area contributed by atoms with Crippen LogP contribution in [0.4, 0.5) is 0 Å². The van der Waals surface area contributed by atoms with Gasteiger partial charge in [0.15, 0.2) is 0 Å². The van der Waals surface area contributed by atoms with E-state index in [4.69, 9.17) is 0 Å². The topological polar surface area (TPSA) is 0 Å². The van der Waals surface area contributed by atoms with Crippen LogP contribution in [0.3, 0.4) is 0 Å². The normalized spacial score (nSPS) is 22.0. The van der Waals surface area contributed by atoms with Crippen molar-refractivity contribution in [1.29, 1.82) is 0 Å². The molecule has 1 heterocycles. The Morgan fingerprint density at radius 3 is 2.10 bits per heavy atom. The zero-order valence-electron chi connectivity index (χ0n) is 18.8. The van der Waals surface area contributed by atoms with E-state index < -0.39 is 8.07 Å². The number of hydrogen-bond acceptors (Lipinski definition) is 0. The van der Waals surface area contributed by atoms with Crippen LogP contribution in [0, 0.1) is 17.6 Å². The summed E-state index contributed by atoms with van der Waals surface area (Å²) in [6, 6.07) is 13.5. The SMILES string of the molecule is CC1=[C-]C(C)(C)C(C)=C1C.CCC[Si]1(C2[C-]=Cc3ccccc32)CCC1.[Cl-].[Cl-].[Hf+4]. The van der Waals surface area contributed by atoms with Crippen molar-refractivity contribution in [3.05, 3.63) is 64.3 Å². The summed E-state index contributed by atoms with van der Waals surface area (Å²) < 4.78 is 0. The van der Waals surface area contributed by atoms with Gasteiger partial charge in [0.25, 0.3) is 0 Å². The third kappa shape index (κ3) is 5.87. The van der Waals surface area contributed by atoms with Crippen molar-refractivity contribution < 1.29 is 50.7 Å². The second-order valence-corrected chi connectivity index (χ2v) is 13.8. The Morgan fingerprint density at radius 1 is 1.07 bits per heavy atom. The third-order valence-corrected chi connectivity index (χ3v) is 12.9. The summed E-state index contributed by atoms with van der Waals surface area (Å²) in [4.78, 5) is 0. The molecule has 0 bridgehead atoms. The molecule has 0 radical (unpaired) electrons. The first-order chi connectivity index (χ1) is 12.3. The Labute approximate surface area is 211 Å². The van der Waals surface area contributed by atoms with Crippen molar-refractivity contribution in [3.63, 3.8) is 0 Å². The van der Waals surface area contributed by atoms with E-state index in [0.717, 1.165) is 5.54 Å². The van der Waals surface area contributed by atoms with Crippen LogP contribution in [-0.4, -0.2) is 8.07 Å². The zero-order valence-corrected chi connectivity index (χ0v) is 24.9. The minimum atomic E-state index is -1.00. The van der Waals surface area contributed by atoms with Gasteiger partial charge in [-0.15, -0.1) is 18.6 Å². The van der Waals surface area contributed by atoms with Crippen molar-refractivity contribution in [1.82, 2.24) is 0 Å². The van der Waals surface area contributed by atoms with E-state index in [1.165, 1.54) is 41.2 Å². The van der Waals surface area contributed by atoms with Gasteiger partial charge in [-0.25, -0.2) is 11.6 Å². The number of rotatable bonds is 3. The Kier molecular flexibility index (Phi) is 11.7. The van der Waals surface area contributed by atoms with Crippen LogP contribution in [0.25, 0.3) is 6.08 Å². The van der Waals surface area contributed by atoms with Gasteiger partial charge in [-0.1, -0.05) is 94.7 Å². The second-order valence-electron chi connectivity index (χ2n) is 8.96. The van der Waals surface area contributed by atoms with Gasteiger partial charge in [0.05, 0.1) is 0 Å². The van der Waals surface area contributed by atoms with Crippen molar-refractivity contribution >= 4 is 14.1 Å². The average molecular weight is 612 g/mol. The maximum atomic E-state index is 3.69. The fourth-order valence-electron chi connectivity index (χ4n) is 4.89. The van der Waals surface area contributed by atoms with Crippen LogP contribution in [0.5, 0.6) is 0 Å². The van der Waals surface area contributed by atoms with Crippen LogP contribution >= 0.6 is 0 Å². The number of benzene rings is 1. The van der Waals surface area contributed by atoms with Gasteiger partial charge in [0.1, 0.15) is 0 Å². The van der Waals surface area contributed by atoms with Crippen molar-refractivity contribution in [2.24, 2.45) is 5.41 Å². The predicted molar refractivity (Wildman–Crippen MR) is 117 cm³/mol. The van der Waals surface area contributed by atoms with E-state index in [1.54, 1.807) is 17.7 Å². The van der Waals surface area contributed by atoms with Gasteiger partial charge in [-0.3, -0.25) is 12.2 Å². The van der Waals surface area contributed by atoms with Gasteiger partial charge < -0.3 is 24.8 Å². The molecule has 0 aromatic heterocycles. The molecule has 0 amide bonds. The van der Waals surface area contributed by atoms with Gasteiger partial charge in [-0.2, -0.15) is 16.7 Å². The number of fused-ring (bicyclic) bond motifs is 1. The maximum Gasteiger partial charge on any atom is 4.00 e. The summed E-state index contributed by atoms with van der Waals surface area (Å²) in [7, 11) is -1.00. The zero-order chi connectivity index (χ0) is 18.9. The van der Waals surface area contributed by atoms with Crippen molar-refractivity contribution in [2.45, 2.75) is 78.1 Å². The standard InChI is InChI=1S/C15H19Si.C10H15.2ClH.Hf/c1-2-10-16(11-5-12-16)15-9-8-13-6-3-4-7-14(13)15;1-7-6-10(4,5)9(3)8(7)2;;;/h3-4,6-8,15H,2,5,10-12H2,1H3;1-5H3;2*1H;/q2*-1;;;+4/p-2. The molecule has 1 atom stereocenters. The summed E-state index contributed by atoms with van der Waals surface area (Å²) in [5.41, 5.74) is 8.13. The fourth-order valence-corrected chi connectivity index (χ4v) is 9.88. The van der Waals surface area contributed by atoms with Gasteiger partial charge in [0.2, 0.25) is 0 Å². The van der Waals surface area contributed by atoms with Crippen LogP contribution in [-0.2, 0) is 25.8 Å². The summed E-state index contributed by atoms with van der Waals surface area (Å²) in [5, 5.41) is 0. The van der Waals surface area contributed by atoms with E-state index >= 15 is 0 Å². The second kappa shape index (κ2) is 11.6. The molecule has 1 aromatic rings. The molecule has 0 nitrogen and oxygen atoms in total. The Hall–Kier alpha value is 0.107. The molecule has 1 aromatic carbocycles. The van der Waals surface area contributed by atoms with Crippen LogP contribution < -0.4 is 24.8 Å². The molecule has 1 fully saturated rings. The van der Waals surface area contributed by atoms with Crippen LogP contribution in [0.15, 0.2) is 41.0 Å². The number of hydrogen-bond donors (Lipinski definition) is 0. The Bertz CT molecular complexity index is 773. The molecule has 156 valence electrons. The van der Waals surface area contributed by atoms with Gasteiger partial charge in [0, 0.05) is 8.07 Å². The Balaban J connectivity index is 0.000000535. The van der Waals surface area contributed by atoms with E-state index in [2.05, 4.69) is 84.0 Å². The number of halogens is 2. The summed E-state index contributed by atoms with van der Waals surface area (Å²) in [6.07, 6.45) is 12.2. The summed E-state index contributed by atoms with van der Waals surface area (Å²) in [6.45, 7) is 13.3. The van der Waals surface area contributed by atoms with Gasteiger partial charge >= 0.3 is 25.8 Å². The average Bonchev–Trinajstić information content (AvgIpc) is 3.07. The molecule has 1 saturated heterocycles. The maximum absolute atomic E-state index is 3.69. The van der Waals surface area contributed by atoms with E-state index in [9.17, 15) is 0 Å². The number of allylic oxidation sites excluding steroid dienone is 5. The molecular formula is C25H34Cl2HfSi. The molecule has 4 rings (SSSR count). The van der Waals surface area contributed by atoms with Crippen LogP contribution in [0.1, 0.15) is 71.1 Å². The van der Waals surface area contributed by atoms with Gasteiger partial charge in [-0.05, 0) is 0 Å². The first-order valence-corrected chi connectivity index (χ1v) is 13.0. The van der Waals surface area contributed by atoms with Crippen molar-refractivity contribution in [3.8, 4) is 0 Å². The molecule has 2 aliphatic carbocycles. The molecule has 4 heteroatoms. The molecule has 3 aliphatic rings. The minimum absolute atomic E-state index is 0. The molecule has 0 spiro atoms. The molecule has 0 N–H and O–H groups in total. The largest absolute Gasteiger partial charge is 4.00 e. The fraction of sp³-hybridized carbons (Fsp3) is 0.520. The first kappa shape index (κ1) is 29.1. The molecule has 29 heavy (non-hydrogen) atoms. The smallest absolute Gasteiger partial charge is 1.00 e. The summed E-state index contributed by atoms with van der Waals surface area (Å²) in [5.74, 6) is 0. The molecule has 1 unspecified atom stereocenters. The predicted octanol–water partition coefficient (Wildman–Crippen LogP) is 1.52. The minimum Gasteiger partial charge on any atom is -1.00 e. The summed E-state index contributed by atoms with van der Waals surface area (Å²) >= 11 is 0. The first-order valence-electron chi connectivity index (χ1n) is 10.3. The quantitative estimate of drug-likeness (QED) is 0.359. The Morgan fingerprint density at radius 2 is 1.69 bits per heavy atom. The monoisotopic (exact) mass is 612 g/mol. The van der Waals surface area contributed by atoms with E-state index in [1.807, 2.05) is 0 Å². The van der Waals surface area contributed by atoms with Crippen molar-refractivity contribution in [2.75, 3.05) is 0 Å². The third-order valence-electron chi connectivity index (χ3n) is 6.98. The van der Waals surface area contributed by atoms with E-state index in [0.29, 0.717) is 0 Å². The molecular weight excluding hydrogens is 578 g/mol. The van der Waals surface area contributed by atoms with E-state index in [-0.39, 0.29) is 56.1 Å². The van der Waals surface area contributed by atoms with Crippen LogP contribution in [0.2, 0.25) is 18.1 Å². The molecule has 0 saturated carbocycles. The molecule has 1 aliphatic heterocycles.